The highest BCUT2D eigenvalue weighted by Gasteiger charge is 2.03. The second-order valence-corrected chi connectivity index (χ2v) is 4.18. The minimum absolute atomic E-state index is 0.547. The third kappa shape index (κ3) is 2.74. The summed E-state index contributed by atoms with van der Waals surface area (Å²) < 4.78 is 4.90. The van der Waals surface area contributed by atoms with Gasteiger partial charge in [-0.1, -0.05) is 17.3 Å². The monoisotopic (exact) mass is 255 g/mol. The average molecular weight is 255 g/mol. The van der Waals surface area contributed by atoms with Crippen LogP contribution in [0.3, 0.4) is 0 Å². The van der Waals surface area contributed by atoms with Crippen LogP contribution in [0.2, 0.25) is 0 Å². The van der Waals surface area contributed by atoms with E-state index in [2.05, 4.69) is 25.4 Å². The van der Waals surface area contributed by atoms with Gasteiger partial charge in [0.05, 0.1) is 29.5 Å². The molecule has 1 aromatic carbocycles. The van der Waals surface area contributed by atoms with Gasteiger partial charge in [0, 0.05) is 13.5 Å². The van der Waals surface area contributed by atoms with Crippen LogP contribution in [0.25, 0.3) is 11.0 Å². The molecule has 3 rings (SSSR count). The van der Waals surface area contributed by atoms with E-state index in [1.165, 1.54) is 0 Å². The van der Waals surface area contributed by atoms with E-state index in [1.807, 2.05) is 24.3 Å². The first-order valence-electron chi connectivity index (χ1n) is 6.02. The number of rotatable bonds is 4. The molecule has 1 N–H and O–H groups in total. The molecule has 19 heavy (non-hydrogen) atoms. The first-order valence-corrected chi connectivity index (χ1v) is 6.02. The molecule has 0 amide bonds. The summed E-state index contributed by atoms with van der Waals surface area (Å²) in [7, 11) is 0. The minimum atomic E-state index is 0.547. The summed E-state index contributed by atoms with van der Waals surface area (Å²) in [5.41, 5.74) is 2.69. The fraction of sp³-hybridized carbons (Fsp3) is 0.231. The Balaban J connectivity index is 1.65. The number of hydrogen-bond acceptors (Lipinski definition) is 6. The van der Waals surface area contributed by atoms with E-state index in [0.29, 0.717) is 24.8 Å². The molecular weight excluding hydrogens is 242 g/mol. The van der Waals surface area contributed by atoms with Crippen LogP contribution in [-0.4, -0.2) is 20.1 Å². The SMILES string of the molecule is Cc1nc(CNCc2cnc3ccccc3n2)no1. The summed E-state index contributed by atoms with van der Waals surface area (Å²) >= 11 is 0. The maximum absolute atomic E-state index is 4.90. The minimum Gasteiger partial charge on any atom is -0.340 e. The molecule has 96 valence electrons. The highest BCUT2D eigenvalue weighted by Crippen LogP contribution is 2.08. The van der Waals surface area contributed by atoms with Crippen LogP contribution in [0.1, 0.15) is 17.4 Å². The number of para-hydroxylation sites is 2. The van der Waals surface area contributed by atoms with Gasteiger partial charge < -0.3 is 9.84 Å². The number of aryl methyl sites for hydroxylation is 1. The third-order valence-electron chi connectivity index (χ3n) is 2.66. The van der Waals surface area contributed by atoms with Crippen molar-refractivity contribution in [2.75, 3.05) is 0 Å². The molecule has 3 aromatic rings. The summed E-state index contributed by atoms with van der Waals surface area (Å²) in [6.45, 7) is 2.93. The number of nitrogens with zero attached hydrogens (tertiary/aromatic N) is 4. The second-order valence-electron chi connectivity index (χ2n) is 4.18. The predicted octanol–water partition coefficient (Wildman–Crippen LogP) is 1.61. The van der Waals surface area contributed by atoms with E-state index in [-0.39, 0.29) is 0 Å². The third-order valence-corrected chi connectivity index (χ3v) is 2.66. The van der Waals surface area contributed by atoms with Gasteiger partial charge in [0.25, 0.3) is 0 Å². The van der Waals surface area contributed by atoms with Crippen molar-refractivity contribution in [3.63, 3.8) is 0 Å². The average Bonchev–Trinajstić information content (AvgIpc) is 2.84. The molecule has 0 bridgehead atoms. The molecule has 0 radical (unpaired) electrons. The molecule has 0 atom stereocenters. The van der Waals surface area contributed by atoms with E-state index in [9.17, 15) is 0 Å². The molecule has 0 spiro atoms. The van der Waals surface area contributed by atoms with Crippen molar-refractivity contribution in [3.8, 4) is 0 Å². The van der Waals surface area contributed by atoms with Crippen LogP contribution in [0.4, 0.5) is 0 Å². The highest BCUT2D eigenvalue weighted by molar-refractivity contribution is 5.73. The lowest BCUT2D eigenvalue weighted by Crippen LogP contribution is -2.14. The lowest BCUT2D eigenvalue weighted by molar-refractivity contribution is 0.385. The van der Waals surface area contributed by atoms with Crippen molar-refractivity contribution in [3.05, 3.63) is 47.9 Å². The summed E-state index contributed by atoms with van der Waals surface area (Å²) in [5.74, 6) is 1.22. The van der Waals surface area contributed by atoms with Crippen molar-refractivity contribution in [2.45, 2.75) is 20.0 Å². The number of benzene rings is 1. The molecule has 0 aliphatic carbocycles. The number of hydrogen-bond donors (Lipinski definition) is 1. The van der Waals surface area contributed by atoms with Crippen LogP contribution in [-0.2, 0) is 13.1 Å². The zero-order chi connectivity index (χ0) is 13.1. The van der Waals surface area contributed by atoms with Gasteiger partial charge in [-0.3, -0.25) is 4.98 Å². The maximum atomic E-state index is 4.90. The van der Waals surface area contributed by atoms with Gasteiger partial charge in [-0.15, -0.1) is 0 Å². The Kier molecular flexibility index (Phi) is 3.16. The number of fused-ring (bicyclic) bond motifs is 1. The van der Waals surface area contributed by atoms with E-state index >= 15 is 0 Å². The molecule has 0 fully saturated rings. The van der Waals surface area contributed by atoms with Crippen molar-refractivity contribution in [1.82, 2.24) is 25.4 Å². The summed E-state index contributed by atoms with van der Waals surface area (Å²) in [6, 6.07) is 7.81. The number of aromatic nitrogens is 4. The topological polar surface area (TPSA) is 76.7 Å². The van der Waals surface area contributed by atoms with Crippen LogP contribution in [0.5, 0.6) is 0 Å². The summed E-state index contributed by atoms with van der Waals surface area (Å²) in [6.07, 6.45) is 1.77. The Morgan fingerprint density at radius 3 is 2.74 bits per heavy atom. The van der Waals surface area contributed by atoms with Crippen molar-refractivity contribution in [2.24, 2.45) is 0 Å². The lowest BCUT2D eigenvalue weighted by Gasteiger charge is -2.02. The van der Waals surface area contributed by atoms with Gasteiger partial charge in [-0.25, -0.2) is 4.98 Å². The van der Waals surface area contributed by atoms with Crippen LogP contribution in [0, 0.1) is 6.92 Å². The molecule has 0 saturated heterocycles. The smallest absolute Gasteiger partial charge is 0.223 e. The van der Waals surface area contributed by atoms with E-state index in [1.54, 1.807) is 13.1 Å². The van der Waals surface area contributed by atoms with Gasteiger partial charge in [-0.05, 0) is 12.1 Å². The summed E-state index contributed by atoms with van der Waals surface area (Å²) in [4.78, 5) is 13.0. The highest BCUT2D eigenvalue weighted by atomic mass is 16.5. The van der Waals surface area contributed by atoms with Crippen molar-refractivity contribution < 1.29 is 4.52 Å². The maximum Gasteiger partial charge on any atom is 0.223 e. The van der Waals surface area contributed by atoms with Gasteiger partial charge in [-0.2, -0.15) is 4.98 Å². The van der Waals surface area contributed by atoms with Crippen molar-refractivity contribution in [1.29, 1.82) is 0 Å². The Hall–Kier alpha value is -2.34. The molecule has 2 heterocycles. The molecule has 6 heteroatoms. The van der Waals surface area contributed by atoms with Gasteiger partial charge >= 0.3 is 0 Å². The lowest BCUT2D eigenvalue weighted by atomic mass is 10.3. The Morgan fingerprint density at radius 1 is 1.11 bits per heavy atom. The molecule has 0 aliphatic heterocycles. The first kappa shape index (κ1) is 11.7. The molecule has 6 nitrogen and oxygen atoms in total. The Bertz CT molecular complexity index is 694. The zero-order valence-electron chi connectivity index (χ0n) is 10.5. The van der Waals surface area contributed by atoms with Gasteiger partial charge in [0.2, 0.25) is 5.89 Å². The quantitative estimate of drug-likeness (QED) is 0.763. The standard InChI is InChI=1S/C13H13N5O/c1-9-16-13(18-19-9)8-14-6-10-7-15-11-4-2-3-5-12(11)17-10/h2-5,7,14H,6,8H2,1H3. The van der Waals surface area contributed by atoms with Crippen LogP contribution < -0.4 is 5.32 Å². The van der Waals surface area contributed by atoms with Gasteiger partial charge in [0.15, 0.2) is 5.82 Å². The fourth-order valence-corrected chi connectivity index (χ4v) is 1.80. The molecular formula is C13H13N5O. The Labute approximate surface area is 109 Å². The fourth-order valence-electron chi connectivity index (χ4n) is 1.80. The van der Waals surface area contributed by atoms with E-state index < -0.39 is 0 Å². The summed E-state index contributed by atoms with van der Waals surface area (Å²) in [5, 5.41) is 7.02. The van der Waals surface area contributed by atoms with Gasteiger partial charge in [0.1, 0.15) is 0 Å². The van der Waals surface area contributed by atoms with Crippen LogP contribution >= 0.6 is 0 Å². The van der Waals surface area contributed by atoms with Crippen molar-refractivity contribution >= 4 is 11.0 Å². The largest absolute Gasteiger partial charge is 0.340 e. The Morgan fingerprint density at radius 2 is 1.95 bits per heavy atom. The normalized spacial score (nSPS) is 11.0. The molecule has 0 saturated carbocycles. The first-order chi connectivity index (χ1) is 9.31. The zero-order valence-corrected chi connectivity index (χ0v) is 10.5. The molecule has 2 aromatic heterocycles. The van der Waals surface area contributed by atoms with E-state index in [4.69, 9.17) is 4.52 Å². The van der Waals surface area contributed by atoms with Crippen LogP contribution in [0.15, 0.2) is 35.0 Å². The number of nitrogens with one attached hydrogen (secondary N) is 1. The molecule has 0 unspecified atom stereocenters. The molecule has 0 aliphatic rings. The predicted molar refractivity (Wildman–Crippen MR) is 69.1 cm³/mol. The van der Waals surface area contributed by atoms with E-state index in [0.717, 1.165) is 16.7 Å². The second kappa shape index (κ2) is 5.11.